The van der Waals surface area contributed by atoms with Gasteiger partial charge in [0.2, 0.25) is 11.8 Å². The number of nitrogen functional groups attached to an aromatic ring is 1. The van der Waals surface area contributed by atoms with Gasteiger partial charge >= 0.3 is 5.69 Å². The Morgan fingerprint density at radius 2 is 2.22 bits per heavy atom. The third-order valence-corrected chi connectivity index (χ3v) is 3.14. The van der Waals surface area contributed by atoms with Crippen LogP contribution in [0.15, 0.2) is 6.20 Å². The predicted octanol–water partition coefficient (Wildman–Crippen LogP) is 0.176. The van der Waals surface area contributed by atoms with Gasteiger partial charge in [-0.05, 0) is 18.8 Å². The molecule has 2 heterocycles. The molecule has 1 saturated heterocycles. The Kier molecular flexibility index (Phi) is 3.56. The van der Waals surface area contributed by atoms with Crippen molar-refractivity contribution in [3.8, 4) is 0 Å². The van der Waals surface area contributed by atoms with E-state index < -0.39 is 4.92 Å². The van der Waals surface area contributed by atoms with Crippen LogP contribution < -0.4 is 10.6 Å². The highest BCUT2D eigenvalue weighted by atomic mass is 16.6. The number of nitrogens with zero attached hydrogens (tertiary/aromatic N) is 4. The standard InChI is InChI=1S/C10H15N5O3/c11-9-8(15(17)18)5-12-10(13-9)14-3-1-7(6-16)2-4-14/h5,7,16H,1-4,6H2,(H2,11,12,13). The zero-order valence-electron chi connectivity index (χ0n) is 9.82. The first-order valence-electron chi connectivity index (χ1n) is 5.74. The lowest BCUT2D eigenvalue weighted by Gasteiger charge is -2.30. The van der Waals surface area contributed by atoms with Crippen LogP contribution in [-0.2, 0) is 0 Å². The lowest BCUT2D eigenvalue weighted by atomic mass is 9.98. The Bertz CT molecular complexity index is 445. The predicted molar refractivity (Wildman–Crippen MR) is 65.1 cm³/mol. The Morgan fingerprint density at radius 3 is 2.72 bits per heavy atom. The molecule has 18 heavy (non-hydrogen) atoms. The van der Waals surface area contributed by atoms with E-state index in [0.29, 0.717) is 11.9 Å². The lowest BCUT2D eigenvalue weighted by Crippen LogP contribution is -2.36. The summed E-state index contributed by atoms with van der Waals surface area (Å²) in [6, 6.07) is 0. The van der Waals surface area contributed by atoms with E-state index in [2.05, 4.69) is 9.97 Å². The topological polar surface area (TPSA) is 118 Å². The number of hydrogen-bond acceptors (Lipinski definition) is 7. The van der Waals surface area contributed by atoms with Crippen molar-refractivity contribution in [1.82, 2.24) is 9.97 Å². The van der Waals surface area contributed by atoms with E-state index in [1.165, 1.54) is 0 Å². The summed E-state index contributed by atoms with van der Waals surface area (Å²) in [7, 11) is 0. The van der Waals surface area contributed by atoms with Gasteiger partial charge in [-0.3, -0.25) is 10.1 Å². The number of aromatic nitrogens is 2. The highest BCUT2D eigenvalue weighted by molar-refractivity contribution is 5.53. The normalized spacial score (nSPS) is 16.8. The van der Waals surface area contributed by atoms with Crippen LogP contribution in [-0.4, -0.2) is 39.7 Å². The van der Waals surface area contributed by atoms with Crippen molar-refractivity contribution >= 4 is 17.5 Å². The molecule has 0 aliphatic carbocycles. The number of aliphatic hydroxyl groups excluding tert-OH is 1. The molecule has 0 saturated carbocycles. The maximum absolute atomic E-state index is 10.6. The summed E-state index contributed by atoms with van der Waals surface area (Å²) in [6.45, 7) is 1.64. The molecular formula is C10H15N5O3. The minimum atomic E-state index is -0.600. The van der Waals surface area contributed by atoms with Crippen LogP contribution in [0.3, 0.4) is 0 Å². The van der Waals surface area contributed by atoms with Crippen LogP contribution in [0.2, 0.25) is 0 Å². The van der Waals surface area contributed by atoms with Crippen molar-refractivity contribution in [2.75, 3.05) is 30.3 Å². The van der Waals surface area contributed by atoms with Crippen molar-refractivity contribution in [1.29, 1.82) is 0 Å². The number of piperidine rings is 1. The van der Waals surface area contributed by atoms with Crippen molar-refractivity contribution in [2.24, 2.45) is 5.92 Å². The zero-order chi connectivity index (χ0) is 13.1. The molecule has 8 nitrogen and oxygen atoms in total. The van der Waals surface area contributed by atoms with Gasteiger partial charge in [-0.25, -0.2) is 4.98 Å². The van der Waals surface area contributed by atoms with Gasteiger partial charge in [0.25, 0.3) is 0 Å². The van der Waals surface area contributed by atoms with Gasteiger partial charge in [-0.2, -0.15) is 4.98 Å². The molecule has 1 aliphatic rings. The van der Waals surface area contributed by atoms with E-state index in [-0.39, 0.29) is 18.1 Å². The van der Waals surface area contributed by atoms with Gasteiger partial charge in [0.15, 0.2) is 0 Å². The summed E-state index contributed by atoms with van der Waals surface area (Å²) in [5, 5.41) is 19.6. The number of aliphatic hydroxyl groups is 1. The van der Waals surface area contributed by atoms with Crippen LogP contribution >= 0.6 is 0 Å². The van der Waals surface area contributed by atoms with Crippen molar-refractivity contribution < 1.29 is 10.0 Å². The molecule has 0 aromatic carbocycles. The Balaban J connectivity index is 2.11. The fourth-order valence-corrected chi connectivity index (χ4v) is 1.99. The Morgan fingerprint density at radius 1 is 1.56 bits per heavy atom. The van der Waals surface area contributed by atoms with Crippen LogP contribution in [0, 0.1) is 16.0 Å². The summed E-state index contributed by atoms with van der Waals surface area (Å²) < 4.78 is 0. The average Bonchev–Trinajstić information content (AvgIpc) is 2.38. The molecule has 2 rings (SSSR count). The quantitative estimate of drug-likeness (QED) is 0.582. The van der Waals surface area contributed by atoms with Crippen LogP contribution in [0.5, 0.6) is 0 Å². The molecule has 1 aliphatic heterocycles. The molecule has 0 spiro atoms. The molecule has 1 fully saturated rings. The minimum Gasteiger partial charge on any atom is -0.396 e. The van der Waals surface area contributed by atoms with Gasteiger partial charge in [0, 0.05) is 19.7 Å². The number of rotatable bonds is 3. The fraction of sp³-hybridized carbons (Fsp3) is 0.600. The highest BCUT2D eigenvalue weighted by Crippen LogP contribution is 2.24. The van der Waals surface area contributed by atoms with E-state index in [1.807, 2.05) is 4.90 Å². The second kappa shape index (κ2) is 5.13. The van der Waals surface area contributed by atoms with E-state index in [1.54, 1.807) is 0 Å². The van der Waals surface area contributed by atoms with Crippen LogP contribution in [0.1, 0.15) is 12.8 Å². The molecule has 8 heteroatoms. The molecule has 98 valence electrons. The first kappa shape index (κ1) is 12.5. The van der Waals surface area contributed by atoms with Crippen molar-refractivity contribution in [3.05, 3.63) is 16.3 Å². The summed E-state index contributed by atoms with van der Waals surface area (Å²) in [5.74, 6) is 0.611. The van der Waals surface area contributed by atoms with E-state index in [4.69, 9.17) is 10.8 Å². The number of nitro groups is 1. The largest absolute Gasteiger partial charge is 0.396 e. The highest BCUT2D eigenvalue weighted by Gasteiger charge is 2.22. The second-order valence-electron chi connectivity index (χ2n) is 4.31. The molecule has 0 unspecified atom stereocenters. The van der Waals surface area contributed by atoms with Gasteiger partial charge in [-0.15, -0.1) is 0 Å². The van der Waals surface area contributed by atoms with E-state index in [0.717, 1.165) is 32.1 Å². The third kappa shape index (κ3) is 2.48. The maximum atomic E-state index is 10.6. The zero-order valence-corrected chi connectivity index (χ0v) is 9.82. The monoisotopic (exact) mass is 253 g/mol. The molecule has 1 aromatic heterocycles. The van der Waals surface area contributed by atoms with Gasteiger partial charge < -0.3 is 15.7 Å². The van der Waals surface area contributed by atoms with E-state index in [9.17, 15) is 10.1 Å². The SMILES string of the molecule is Nc1nc(N2CCC(CO)CC2)ncc1[N+](=O)[O-]. The molecule has 3 N–H and O–H groups in total. The fourth-order valence-electron chi connectivity index (χ4n) is 1.99. The average molecular weight is 253 g/mol. The molecular weight excluding hydrogens is 238 g/mol. The second-order valence-corrected chi connectivity index (χ2v) is 4.31. The van der Waals surface area contributed by atoms with Gasteiger partial charge in [0.05, 0.1) is 4.92 Å². The van der Waals surface area contributed by atoms with Crippen LogP contribution in [0.25, 0.3) is 0 Å². The summed E-state index contributed by atoms with van der Waals surface area (Å²) in [6.07, 6.45) is 2.85. The number of anilines is 2. The molecule has 0 amide bonds. The van der Waals surface area contributed by atoms with Crippen molar-refractivity contribution in [3.63, 3.8) is 0 Å². The van der Waals surface area contributed by atoms with Crippen molar-refractivity contribution in [2.45, 2.75) is 12.8 Å². The van der Waals surface area contributed by atoms with Gasteiger partial charge in [-0.1, -0.05) is 0 Å². The summed E-state index contributed by atoms with van der Waals surface area (Å²) >= 11 is 0. The summed E-state index contributed by atoms with van der Waals surface area (Å²) in [5.41, 5.74) is 5.25. The van der Waals surface area contributed by atoms with E-state index >= 15 is 0 Å². The minimum absolute atomic E-state index is 0.116. The summed E-state index contributed by atoms with van der Waals surface area (Å²) in [4.78, 5) is 19.8. The lowest BCUT2D eigenvalue weighted by molar-refractivity contribution is -0.384. The maximum Gasteiger partial charge on any atom is 0.329 e. The first-order chi connectivity index (χ1) is 8.61. The van der Waals surface area contributed by atoms with Crippen LogP contribution in [0.4, 0.5) is 17.5 Å². The smallest absolute Gasteiger partial charge is 0.329 e. The number of hydrogen-bond donors (Lipinski definition) is 2. The Hall–Kier alpha value is -1.96. The third-order valence-electron chi connectivity index (χ3n) is 3.14. The first-order valence-corrected chi connectivity index (χ1v) is 5.74. The number of nitrogens with two attached hydrogens (primary N) is 1. The molecule has 0 bridgehead atoms. The molecule has 0 atom stereocenters. The molecule has 1 aromatic rings. The van der Waals surface area contributed by atoms with Gasteiger partial charge in [0.1, 0.15) is 6.20 Å². The Labute approximate surface area is 104 Å². The molecule has 0 radical (unpaired) electrons.